The maximum absolute atomic E-state index is 11.1. The maximum atomic E-state index is 11.1. The molecule has 1 atom stereocenters. The number of nitrogens with zero attached hydrogens (tertiary/aromatic N) is 1. The number of hydrogen-bond donors (Lipinski definition) is 1. The van der Waals surface area contributed by atoms with Crippen LogP contribution in [0.3, 0.4) is 0 Å². The number of carbonyl (C=O) groups excluding carboxylic acids is 1. The van der Waals surface area contributed by atoms with Gasteiger partial charge in [0, 0.05) is 17.8 Å². The van der Waals surface area contributed by atoms with Crippen LogP contribution in [-0.4, -0.2) is 12.3 Å². The lowest BCUT2D eigenvalue weighted by molar-refractivity contribution is 0.101. The summed E-state index contributed by atoms with van der Waals surface area (Å²) in [4.78, 5) is 11.1. The van der Waals surface area contributed by atoms with Crippen molar-refractivity contribution in [1.82, 2.24) is 0 Å². The molecule has 3 nitrogen and oxygen atoms in total. The van der Waals surface area contributed by atoms with E-state index in [4.69, 9.17) is 5.26 Å². The molecule has 0 aromatic heterocycles. The zero-order chi connectivity index (χ0) is 12.0. The van der Waals surface area contributed by atoms with Crippen molar-refractivity contribution >= 4 is 11.5 Å². The summed E-state index contributed by atoms with van der Waals surface area (Å²) in [7, 11) is 0. The Labute approximate surface area is 96.1 Å². The van der Waals surface area contributed by atoms with Gasteiger partial charge in [0.15, 0.2) is 5.78 Å². The summed E-state index contributed by atoms with van der Waals surface area (Å²) in [5.74, 6) is 0.0995. The molecule has 0 aliphatic heterocycles. The van der Waals surface area contributed by atoms with E-state index in [2.05, 4.69) is 11.4 Å². The molecule has 1 rings (SSSR count). The largest absolute Gasteiger partial charge is 0.384 e. The van der Waals surface area contributed by atoms with Crippen LogP contribution in [0.15, 0.2) is 24.3 Å². The molecule has 0 amide bonds. The first-order valence-electron chi connectivity index (χ1n) is 5.41. The summed E-state index contributed by atoms with van der Waals surface area (Å²) in [6.45, 7) is 4.19. The molecular weight excluding hydrogens is 200 g/mol. The molecule has 0 aliphatic carbocycles. The van der Waals surface area contributed by atoms with Gasteiger partial charge < -0.3 is 5.32 Å². The Morgan fingerprint density at radius 1 is 1.44 bits per heavy atom. The lowest BCUT2D eigenvalue weighted by Gasteiger charge is -2.09. The summed E-state index contributed by atoms with van der Waals surface area (Å²) in [6.07, 6.45) is 0.842. The van der Waals surface area contributed by atoms with Crippen LogP contribution in [0.5, 0.6) is 0 Å². The first-order valence-corrected chi connectivity index (χ1v) is 5.41. The fourth-order valence-electron chi connectivity index (χ4n) is 1.35. The quantitative estimate of drug-likeness (QED) is 0.770. The van der Waals surface area contributed by atoms with Gasteiger partial charge in [-0.1, -0.05) is 6.92 Å². The second-order valence-corrected chi connectivity index (χ2v) is 3.75. The fraction of sp³-hybridized carbons (Fsp3) is 0.385. The molecule has 0 saturated heterocycles. The highest BCUT2D eigenvalue weighted by Crippen LogP contribution is 2.11. The molecule has 0 radical (unpaired) electrons. The van der Waals surface area contributed by atoms with E-state index in [0.717, 1.165) is 12.1 Å². The van der Waals surface area contributed by atoms with E-state index in [1.807, 2.05) is 19.1 Å². The van der Waals surface area contributed by atoms with Crippen molar-refractivity contribution in [2.75, 3.05) is 11.9 Å². The minimum atomic E-state index is 0.0347. The summed E-state index contributed by atoms with van der Waals surface area (Å²) in [5, 5.41) is 12.0. The number of ketones is 1. The molecule has 0 aliphatic rings. The normalized spacial score (nSPS) is 11.6. The Morgan fingerprint density at radius 3 is 2.50 bits per heavy atom. The Hall–Kier alpha value is -1.82. The van der Waals surface area contributed by atoms with Gasteiger partial charge >= 0.3 is 0 Å². The lowest BCUT2D eigenvalue weighted by atomic mass is 10.1. The van der Waals surface area contributed by atoms with E-state index >= 15 is 0 Å². The molecule has 0 heterocycles. The first kappa shape index (κ1) is 12.3. The van der Waals surface area contributed by atoms with Gasteiger partial charge in [0.05, 0.1) is 12.0 Å². The SMILES string of the molecule is CCC(C#N)CNc1ccc(C(C)=O)cc1. The average Bonchev–Trinajstić information content (AvgIpc) is 2.31. The van der Waals surface area contributed by atoms with Crippen molar-refractivity contribution in [3.05, 3.63) is 29.8 Å². The van der Waals surface area contributed by atoms with Crippen molar-refractivity contribution < 1.29 is 4.79 Å². The molecule has 3 heteroatoms. The number of Topliss-reactive ketones (excluding diaryl/α,β-unsaturated/α-hetero) is 1. The number of hydrogen-bond acceptors (Lipinski definition) is 3. The maximum Gasteiger partial charge on any atom is 0.159 e. The molecule has 16 heavy (non-hydrogen) atoms. The van der Waals surface area contributed by atoms with Gasteiger partial charge in [0.25, 0.3) is 0 Å². The van der Waals surface area contributed by atoms with Gasteiger partial charge in [0.1, 0.15) is 0 Å². The molecule has 84 valence electrons. The molecule has 1 unspecified atom stereocenters. The van der Waals surface area contributed by atoms with Gasteiger partial charge in [-0.15, -0.1) is 0 Å². The second kappa shape index (κ2) is 5.92. The monoisotopic (exact) mass is 216 g/mol. The zero-order valence-corrected chi connectivity index (χ0v) is 9.66. The third kappa shape index (κ3) is 3.39. The van der Waals surface area contributed by atoms with E-state index in [9.17, 15) is 4.79 Å². The van der Waals surface area contributed by atoms with E-state index < -0.39 is 0 Å². The van der Waals surface area contributed by atoms with Crippen molar-refractivity contribution in [1.29, 1.82) is 5.26 Å². The Balaban J connectivity index is 2.56. The second-order valence-electron chi connectivity index (χ2n) is 3.75. The molecule has 0 fully saturated rings. The van der Waals surface area contributed by atoms with Gasteiger partial charge in [-0.25, -0.2) is 0 Å². The standard InChI is InChI=1S/C13H16N2O/c1-3-11(8-14)9-15-13-6-4-12(5-7-13)10(2)16/h4-7,11,15H,3,9H2,1-2H3. The minimum Gasteiger partial charge on any atom is -0.384 e. The first-order chi connectivity index (χ1) is 7.67. The highest BCUT2D eigenvalue weighted by molar-refractivity contribution is 5.94. The van der Waals surface area contributed by atoms with Gasteiger partial charge in [0.2, 0.25) is 0 Å². The van der Waals surface area contributed by atoms with Crippen LogP contribution in [-0.2, 0) is 0 Å². The predicted molar refractivity (Wildman–Crippen MR) is 64.3 cm³/mol. The highest BCUT2D eigenvalue weighted by atomic mass is 16.1. The summed E-state index contributed by atoms with van der Waals surface area (Å²) in [5.41, 5.74) is 1.65. The number of rotatable bonds is 5. The number of nitriles is 1. The molecule has 0 spiro atoms. The van der Waals surface area contributed by atoms with E-state index in [1.54, 1.807) is 19.1 Å². The number of anilines is 1. The molecule has 1 N–H and O–H groups in total. The van der Waals surface area contributed by atoms with Gasteiger partial charge in [-0.3, -0.25) is 4.79 Å². The van der Waals surface area contributed by atoms with E-state index in [1.165, 1.54) is 0 Å². The van der Waals surface area contributed by atoms with Crippen LogP contribution in [0.1, 0.15) is 30.6 Å². The summed E-state index contributed by atoms with van der Waals surface area (Å²) >= 11 is 0. The van der Waals surface area contributed by atoms with Gasteiger partial charge in [-0.2, -0.15) is 5.26 Å². The third-order valence-electron chi connectivity index (χ3n) is 2.52. The van der Waals surface area contributed by atoms with Crippen LogP contribution >= 0.6 is 0 Å². The van der Waals surface area contributed by atoms with Crippen LogP contribution in [0, 0.1) is 17.2 Å². The van der Waals surface area contributed by atoms with E-state index in [0.29, 0.717) is 12.1 Å². The minimum absolute atomic E-state index is 0.0347. The molecule has 1 aromatic rings. The fourth-order valence-corrected chi connectivity index (χ4v) is 1.35. The Bertz CT molecular complexity index is 389. The van der Waals surface area contributed by atoms with Crippen LogP contribution in [0.25, 0.3) is 0 Å². The van der Waals surface area contributed by atoms with Crippen molar-refractivity contribution in [3.63, 3.8) is 0 Å². The van der Waals surface area contributed by atoms with Crippen molar-refractivity contribution in [2.24, 2.45) is 5.92 Å². The highest BCUT2D eigenvalue weighted by Gasteiger charge is 2.04. The molecule has 1 aromatic carbocycles. The summed E-state index contributed by atoms with van der Waals surface area (Å²) in [6, 6.07) is 9.54. The smallest absolute Gasteiger partial charge is 0.159 e. The molecule has 0 bridgehead atoms. The van der Waals surface area contributed by atoms with Crippen molar-refractivity contribution in [2.45, 2.75) is 20.3 Å². The zero-order valence-electron chi connectivity index (χ0n) is 9.66. The topological polar surface area (TPSA) is 52.9 Å². The Kier molecular flexibility index (Phi) is 4.53. The number of benzene rings is 1. The lowest BCUT2D eigenvalue weighted by Crippen LogP contribution is -2.11. The van der Waals surface area contributed by atoms with Crippen molar-refractivity contribution in [3.8, 4) is 6.07 Å². The van der Waals surface area contributed by atoms with Crippen LogP contribution < -0.4 is 5.32 Å². The third-order valence-corrected chi connectivity index (χ3v) is 2.52. The Morgan fingerprint density at radius 2 is 2.06 bits per heavy atom. The van der Waals surface area contributed by atoms with Crippen LogP contribution in [0.4, 0.5) is 5.69 Å². The van der Waals surface area contributed by atoms with E-state index in [-0.39, 0.29) is 11.7 Å². The average molecular weight is 216 g/mol. The number of carbonyl (C=O) groups is 1. The summed E-state index contributed by atoms with van der Waals surface area (Å²) < 4.78 is 0. The van der Waals surface area contributed by atoms with Crippen LogP contribution in [0.2, 0.25) is 0 Å². The molecule has 0 saturated carbocycles. The molecular formula is C13H16N2O. The predicted octanol–water partition coefficient (Wildman–Crippen LogP) is 2.85. The van der Waals surface area contributed by atoms with Gasteiger partial charge in [-0.05, 0) is 37.6 Å². The number of nitrogens with one attached hydrogen (secondary N) is 1.